The van der Waals surface area contributed by atoms with Gasteiger partial charge in [-0.2, -0.15) is 0 Å². The largest absolute Gasteiger partial charge is 0.478 e. The highest BCUT2D eigenvalue weighted by atomic mass is 16.5. The van der Waals surface area contributed by atoms with E-state index in [0.717, 1.165) is 68.1 Å². The number of aromatic carboxylic acids is 1. The fourth-order valence-corrected chi connectivity index (χ4v) is 6.45. The second kappa shape index (κ2) is 12.2. The zero-order valence-corrected chi connectivity index (χ0v) is 26.0. The van der Waals surface area contributed by atoms with Gasteiger partial charge in [-0.25, -0.2) is 9.78 Å². The molecule has 2 atom stereocenters. The second-order valence-electron chi connectivity index (χ2n) is 11.4. The zero-order chi connectivity index (χ0) is 31.0. The Kier molecular flexibility index (Phi) is 8.55. The molecule has 43 heavy (non-hydrogen) atoms. The lowest BCUT2D eigenvalue weighted by atomic mass is 9.87. The first-order valence-electron chi connectivity index (χ1n) is 14.9. The number of allylic oxidation sites excluding steroid dienone is 2. The van der Waals surface area contributed by atoms with Crippen LogP contribution in [0.1, 0.15) is 108 Å². The molecule has 0 spiro atoms. The number of carbonyl (C=O) groups is 2. The first-order chi connectivity index (χ1) is 20.6. The molecular weight excluding hydrogens is 544 g/mol. The predicted molar refractivity (Wildman–Crippen MR) is 168 cm³/mol. The first-order valence-corrected chi connectivity index (χ1v) is 14.9. The van der Waals surface area contributed by atoms with E-state index in [0.29, 0.717) is 42.7 Å². The molecule has 0 aromatic carbocycles. The van der Waals surface area contributed by atoms with Gasteiger partial charge in [0.25, 0.3) is 6.47 Å². The van der Waals surface area contributed by atoms with E-state index in [1.54, 1.807) is 0 Å². The van der Waals surface area contributed by atoms with Crippen molar-refractivity contribution in [3.8, 4) is 0 Å². The topological polar surface area (TPSA) is 130 Å². The van der Waals surface area contributed by atoms with E-state index in [1.165, 1.54) is 0 Å². The average molecular weight is 585 g/mol. The second-order valence-corrected chi connectivity index (χ2v) is 11.4. The molecule has 3 aromatic heterocycles. The Morgan fingerprint density at radius 3 is 2.37 bits per heavy atom. The SMILES string of the molecule is CCOCc1c(C)c2cc3nc(c(C)c4[nH]c(cc5nc(cc1[nH]2)C(C)=C5CC)c(C)c4C(=O)O)[C@@H](CCOC=O)[C@@H]3C. The van der Waals surface area contributed by atoms with Gasteiger partial charge in [-0.05, 0) is 93.5 Å². The van der Waals surface area contributed by atoms with E-state index >= 15 is 0 Å². The molecule has 2 aliphatic heterocycles. The standard InChI is InChI=1S/C34H40N4O5/c1-8-22-17(3)26-13-30-24(15-42-9-2)19(5)25(36-30)12-27-18(4)23(10-11-43-16-39)32(37-27)21(7)33-31(34(40)41)20(6)28(38-33)14-29(22)35-26/h12-14,16,18,23,36,38H,8-11,15H2,1-7H3,(H,40,41)/t18-,23-/m0/s1. The van der Waals surface area contributed by atoms with Crippen LogP contribution in [-0.4, -0.2) is 50.7 Å². The van der Waals surface area contributed by atoms with Crippen LogP contribution in [0.2, 0.25) is 0 Å². The van der Waals surface area contributed by atoms with E-state index in [-0.39, 0.29) is 24.0 Å². The van der Waals surface area contributed by atoms with Crippen molar-refractivity contribution < 1.29 is 24.2 Å². The van der Waals surface area contributed by atoms with Gasteiger partial charge in [0.1, 0.15) is 0 Å². The van der Waals surface area contributed by atoms with E-state index in [1.807, 2.05) is 26.8 Å². The summed E-state index contributed by atoms with van der Waals surface area (Å²) < 4.78 is 11.0. The molecule has 9 nitrogen and oxygen atoms in total. The third-order valence-electron chi connectivity index (χ3n) is 9.04. The highest BCUT2D eigenvalue weighted by molar-refractivity contribution is 6.02. The number of ether oxygens (including phenoxy) is 2. The molecule has 0 saturated heterocycles. The minimum Gasteiger partial charge on any atom is -0.478 e. The highest BCUT2D eigenvalue weighted by Crippen LogP contribution is 2.42. The van der Waals surface area contributed by atoms with Crippen LogP contribution >= 0.6 is 0 Å². The van der Waals surface area contributed by atoms with Crippen molar-refractivity contribution >= 4 is 45.7 Å². The van der Waals surface area contributed by atoms with Crippen molar-refractivity contribution in [2.45, 2.75) is 79.8 Å². The van der Waals surface area contributed by atoms with Crippen molar-refractivity contribution in [2.24, 2.45) is 0 Å². The van der Waals surface area contributed by atoms with Gasteiger partial charge >= 0.3 is 5.97 Å². The van der Waals surface area contributed by atoms with Crippen LogP contribution in [0.15, 0.2) is 18.2 Å². The van der Waals surface area contributed by atoms with Gasteiger partial charge in [0.15, 0.2) is 0 Å². The lowest BCUT2D eigenvalue weighted by Gasteiger charge is -2.16. The van der Waals surface area contributed by atoms with Crippen LogP contribution in [0.4, 0.5) is 0 Å². The van der Waals surface area contributed by atoms with E-state index in [4.69, 9.17) is 19.4 Å². The molecule has 3 N–H and O–H groups in total. The molecule has 8 bridgehead atoms. The Morgan fingerprint density at radius 1 is 0.977 bits per heavy atom. The number of nitrogens with zero attached hydrogens (tertiary/aromatic N) is 2. The average Bonchev–Trinajstić information content (AvgIpc) is 3.65. The third-order valence-corrected chi connectivity index (χ3v) is 9.04. The normalized spacial score (nSPS) is 16.5. The maximum atomic E-state index is 12.6. The Balaban J connectivity index is 1.95. The van der Waals surface area contributed by atoms with Crippen molar-refractivity contribution in [3.63, 3.8) is 0 Å². The van der Waals surface area contributed by atoms with Crippen molar-refractivity contribution in [3.05, 3.63) is 68.8 Å². The summed E-state index contributed by atoms with van der Waals surface area (Å²) in [6, 6.07) is 6.12. The maximum Gasteiger partial charge on any atom is 0.338 e. The predicted octanol–water partition coefficient (Wildman–Crippen LogP) is 7.27. The summed E-state index contributed by atoms with van der Waals surface area (Å²) in [6.45, 7) is 15.9. The molecule has 0 aliphatic carbocycles. The number of fused-ring (bicyclic) bond motifs is 8. The Bertz CT molecular complexity index is 1800. The lowest BCUT2D eigenvalue weighted by molar-refractivity contribution is -0.128. The van der Waals surface area contributed by atoms with Crippen molar-refractivity contribution in [1.82, 2.24) is 19.9 Å². The number of hydrogen-bond acceptors (Lipinski definition) is 6. The summed E-state index contributed by atoms with van der Waals surface area (Å²) in [7, 11) is 0. The van der Waals surface area contributed by atoms with Gasteiger partial charge in [-0.3, -0.25) is 9.78 Å². The van der Waals surface area contributed by atoms with Gasteiger partial charge in [-0.1, -0.05) is 13.8 Å². The Hall–Kier alpha value is -4.24. The van der Waals surface area contributed by atoms with Crippen LogP contribution in [0.25, 0.3) is 33.2 Å². The molecule has 3 aromatic rings. The minimum atomic E-state index is -1.00. The molecule has 0 radical (unpaired) electrons. The number of H-pyrrole nitrogens is 2. The molecule has 9 heteroatoms. The molecular formula is C34H40N4O5. The summed E-state index contributed by atoms with van der Waals surface area (Å²) in [5.74, 6) is -1.07. The Labute approximate surface area is 251 Å². The summed E-state index contributed by atoms with van der Waals surface area (Å²) in [6.07, 6.45) is 1.35. The molecule has 0 amide bonds. The number of aromatic nitrogens is 4. The monoisotopic (exact) mass is 584 g/mol. The number of hydrogen-bond donors (Lipinski definition) is 3. The first kappa shape index (κ1) is 30.2. The smallest absolute Gasteiger partial charge is 0.338 e. The summed E-state index contributed by atoms with van der Waals surface area (Å²) in [5.41, 5.74) is 12.5. The van der Waals surface area contributed by atoms with Crippen LogP contribution < -0.4 is 0 Å². The Morgan fingerprint density at radius 2 is 1.70 bits per heavy atom. The number of carbonyl (C=O) groups excluding carboxylic acids is 1. The molecule has 226 valence electrons. The molecule has 0 saturated carbocycles. The fourth-order valence-electron chi connectivity index (χ4n) is 6.45. The van der Waals surface area contributed by atoms with E-state index in [2.05, 4.69) is 49.8 Å². The molecule has 0 fully saturated rings. The lowest BCUT2D eigenvalue weighted by Crippen LogP contribution is -2.08. The number of carboxylic acids is 1. The van der Waals surface area contributed by atoms with Gasteiger partial charge in [0.2, 0.25) is 0 Å². The fraction of sp³-hybridized carbons (Fsp3) is 0.412. The van der Waals surface area contributed by atoms with Crippen molar-refractivity contribution in [2.75, 3.05) is 13.2 Å². The van der Waals surface area contributed by atoms with E-state index < -0.39 is 5.97 Å². The molecule has 0 unspecified atom stereocenters. The summed E-state index contributed by atoms with van der Waals surface area (Å²) in [4.78, 5) is 40.8. The zero-order valence-electron chi connectivity index (χ0n) is 26.0. The van der Waals surface area contributed by atoms with Crippen LogP contribution in [0.5, 0.6) is 0 Å². The van der Waals surface area contributed by atoms with Crippen molar-refractivity contribution in [1.29, 1.82) is 0 Å². The summed E-state index contributed by atoms with van der Waals surface area (Å²) in [5, 5.41) is 10.3. The third kappa shape index (κ3) is 5.38. The van der Waals surface area contributed by atoms with Crippen LogP contribution in [-0.2, 0) is 20.9 Å². The van der Waals surface area contributed by atoms with Crippen LogP contribution in [0, 0.1) is 20.8 Å². The number of rotatable bonds is 9. The number of aromatic amines is 2. The highest BCUT2D eigenvalue weighted by Gasteiger charge is 2.31. The molecule has 5 heterocycles. The van der Waals surface area contributed by atoms with Gasteiger partial charge in [0.05, 0.1) is 35.7 Å². The van der Waals surface area contributed by atoms with Gasteiger partial charge < -0.3 is 24.5 Å². The number of carboxylic acid groups (broad SMARTS) is 1. The molecule has 2 aliphatic rings. The van der Waals surface area contributed by atoms with Gasteiger partial charge in [-0.15, -0.1) is 0 Å². The minimum absolute atomic E-state index is 0.00459. The van der Waals surface area contributed by atoms with Crippen LogP contribution in [0.3, 0.4) is 0 Å². The quantitative estimate of drug-likeness (QED) is 0.178. The summed E-state index contributed by atoms with van der Waals surface area (Å²) >= 11 is 0. The number of aryl methyl sites for hydroxylation is 3. The molecule has 5 rings (SSSR count). The maximum absolute atomic E-state index is 12.6. The van der Waals surface area contributed by atoms with E-state index in [9.17, 15) is 14.7 Å². The number of nitrogens with one attached hydrogen (secondary N) is 2. The van der Waals surface area contributed by atoms with Gasteiger partial charge in [0, 0.05) is 51.9 Å².